The summed E-state index contributed by atoms with van der Waals surface area (Å²) < 4.78 is 3.02. The molecule has 0 radical (unpaired) electrons. The van der Waals surface area contributed by atoms with E-state index >= 15 is 0 Å². The molecule has 1 fully saturated rings. The molecule has 1 unspecified atom stereocenters. The molecule has 0 amide bonds. The fourth-order valence-electron chi connectivity index (χ4n) is 3.54. The SMILES string of the molecule is CCn1c(C(C)O)nn(CCCN2CCN(c3ccc(Cl)cc3)CC2)c1=O. The Hall–Kier alpha value is -1.83. The van der Waals surface area contributed by atoms with E-state index in [4.69, 9.17) is 11.6 Å². The summed E-state index contributed by atoms with van der Waals surface area (Å²) in [4.78, 5) is 17.1. The van der Waals surface area contributed by atoms with Crippen LogP contribution in [-0.2, 0) is 13.1 Å². The van der Waals surface area contributed by atoms with Crippen LogP contribution in [0.5, 0.6) is 0 Å². The molecule has 7 nitrogen and oxygen atoms in total. The monoisotopic (exact) mass is 393 g/mol. The molecule has 8 heteroatoms. The topological polar surface area (TPSA) is 66.5 Å². The van der Waals surface area contributed by atoms with E-state index in [1.54, 1.807) is 6.92 Å². The summed E-state index contributed by atoms with van der Waals surface area (Å²) in [6, 6.07) is 7.98. The molecule has 0 spiro atoms. The maximum absolute atomic E-state index is 12.4. The first-order chi connectivity index (χ1) is 13.0. The maximum Gasteiger partial charge on any atom is 0.345 e. The number of piperazine rings is 1. The van der Waals surface area contributed by atoms with Crippen molar-refractivity contribution >= 4 is 17.3 Å². The van der Waals surface area contributed by atoms with Gasteiger partial charge in [-0.05, 0) is 44.5 Å². The zero-order valence-electron chi connectivity index (χ0n) is 16.0. The number of aromatic nitrogens is 3. The summed E-state index contributed by atoms with van der Waals surface area (Å²) in [5.74, 6) is 0.444. The molecule has 1 aliphatic heterocycles. The van der Waals surface area contributed by atoms with Gasteiger partial charge >= 0.3 is 5.69 Å². The normalized spacial score (nSPS) is 16.7. The number of benzene rings is 1. The van der Waals surface area contributed by atoms with Crippen LogP contribution in [-0.4, -0.2) is 57.1 Å². The maximum atomic E-state index is 12.4. The van der Waals surface area contributed by atoms with Crippen LogP contribution in [0.15, 0.2) is 29.1 Å². The highest BCUT2D eigenvalue weighted by Gasteiger charge is 2.18. The van der Waals surface area contributed by atoms with Crippen LogP contribution in [0.3, 0.4) is 0 Å². The van der Waals surface area contributed by atoms with Crippen molar-refractivity contribution in [3.63, 3.8) is 0 Å². The zero-order chi connectivity index (χ0) is 19.4. The molecule has 1 N–H and O–H groups in total. The van der Waals surface area contributed by atoms with Gasteiger partial charge in [0.25, 0.3) is 0 Å². The van der Waals surface area contributed by atoms with Gasteiger partial charge in [-0.25, -0.2) is 9.48 Å². The van der Waals surface area contributed by atoms with E-state index in [9.17, 15) is 9.90 Å². The van der Waals surface area contributed by atoms with Crippen LogP contribution in [0.25, 0.3) is 0 Å². The molecule has 1 atom stereocenters. The van der Waals surface area contributed by atoms with Gasteiger partial charge in [-0.2, -0.15) is 5.10 Å². The first-order valence-corrected chi connectivity index (χ1v) is 9.96. The number of aliphatic hydroxyl groups excluding tert-OH is 1. The highest BCUT2D eigenvalue weighted by atomic mass is 35.5. The van der Waals surface area contributed by atoms with Gasteiger partial charge < -0.3 is 10.0 Å². The lowest BCUT2D eigenvalue weighted by molar-refractivity contribution is 0.182. The van der Waals surface area contributed by atoms with Gasteiger partial charge in [0.1, 0.15) is 6.10 Å². The molecule has 2 aromatic rings. The van der Waals surface area contributed by atoms with E-state index in [0.29, 0.717) is 18.9 Å². The molecule has 1 aliphatic rings. The number of rotatable bonds is 7. The fraction of sp³-hybridized carbons (Fsp3) is 0.579. The van der Waals surface area contributed by atoms with E-state index in [0.717, 1.165) is 44.2 Å². The summed E-state index contributed by atoms with van der Waals surface area (Å²) in [6.07, 6.45) is 0.126. The number of halogens is 1. The van der Waals surface area contributed by atoms with Crippen molar-refractivity contribution in [1.82, 2.24) is 19.2 Å². The first-order valence-electron chi connectivity index (χ1n) is 9.58. The van der Waals surface area contributed by atoms with E-state index in [1.165, 1.54) is 14.9 Å². The Morgan fingerprint density at radius 1 is 1.15 bits per heavy atom. The molecule has 1 saturated heterocycles. The highest BCUT2D eigenvalue weighted by molar-refractivity contribution is 6.30. The lowest BCUT2D eigenvalue weighted by Crippen LogP contribution is -2.46. The van der Waals surface area contributed by atoms with Gasteiger partial charge in [0.15, 0.2) is 5.82 Å². The van der Waals surface area contributed by atoms with Crippen LogP contribution >= 0.6 is 11.6 Å². The van der Waals surface area contributed by atoms with Crippen LogP contribution in [0.2, 0.25) is 5.02 Å². The molecule has 1 aromatic carbocycles. The number of hydrogen-bond acceptors (Lipinski definition) is 5. The van der Waals surface area contributed by atoms with E-state index in [-0.39, 0.29) is 5.69 Å². The largest absolute Gasteiger partial charge is 0.385 e. The van der Waals surface area contributed by atoms with Crippen LogP contribution < -0.4 is 10.6 Å². The fourth-order valence-corrected chi connectivity index (χ4v) is 3.66. The first kappa shape index (κ1) is 19.9. The number of aliphatic hydroxyl groups is 1. The summed E-state index contributed by atoms with van der Waals surface area (Å²) >= 11 is 5.96. The minimum Gasteiger partial charge on any atom is -0.385 e. The molecule has 2 heterocycles. The number of anilines is 1. The predicted molar refractivity (Wildman–Crippen MR) is 108 cm³/mol. The third-order valence-electron chi connectivity index (χ3n) is 5.05. The van der Waals surface area contributed by atoms with Crippen LogP contribution in [0.4, 0.5) is 5.69 Å². The molecular formula is C19H28ClN5O2. The second-order valence-electron chi connectivity index (χ2n) is 6.94. The lowest BCUT2D eigenvalue weighted by Gasteiger charge is -2.36. The van der Waals surface area contributed by atoms with Gasteiger partial charge in [0.2, 0.25) is 0 Å². The quantitative estimate of drug-likeness (QED) is 0.779. The smallest absolute Gasteiger partial charge is 0.345 e. The molecule has 27 heavy (non-hydrogen) atoms. The van der Waals surface area contributed by atoms with Gasteiger partial charge in [0, 0.05) is 56.5 Å². The van der Waals surface area contributed by atoms with E-state index < -0.39 is 6.10 Å². The van der Waals surface area contributed by atoms with Crippen molar-refractivity contribution < 1.29 is 5.11 Å². The lowest BCUT2D eigenvalue weighted by atomic mass is 10.2. The molecular weight excluding hydrogens is 366 g/mol. The van der Waals surface area contributed by atoms with Crippen LogP contribution in [0, 0.1) is 0 Å². The van der Waals surface area contributed by atoms with Gasteiger partial charge in [-0.3, -0.25) is 9.47 Å². The molecule has 0 bridgehead atoms. The Balaban J connectivity index is 1.48. The van der Waals surface area contributed by atoms with Crippen molar-refractivity contribution in [3.05, 3.63) is 45.6 Å². The predicted octanol–water partition coefficient (Wildman–Crippen LogP) is 1.98. The number of aryl methyl sites for hydroxylation is 1. The zero-order valence-corrected chi connectivity index (χ0v) is 16.8. The Morgan fingerprint density at radius 3 is 2.37 bits per heavy atom. The summed E-state index contributed by atoms with van der Waals surface area (Å²) in [5, 5.41) is 14.8. The Kier molecular flexibility index (Phi) is 6.57. The molecule has 148 valence electrons. The van der Waals surface area contributed by atoms with Gasteiger partial charge in [-0.15, -0.1) is 0 Å². The standard InChI is InChI=1S/C19H28ClN5O2/c1-3-24-18(15(2)26)21-25(19(24)27)10-4-9-22-11-13-23(14-12-22)17-7-5-16(20)6-8-17/h5-8,15,26H,3-4,9-14H2,1-2H3. The summed E-state index contributed by atoms with van der Waals surface area (Å²) in [5.41, 5.74) is 1.07. The van der Waals surface area contributed by atoms with Gasteiger partial charge in [0.05, 0.1) is 0 Å². The molecule has 3 rings (SSSR count). The molecule has 0 aliphatic carbocycles. The van der Waals surface area contributed by atoms with Crippen molar-refractivity contribution in [2.75, 3.05) is 37.6 Å². The van der Waals surface area contributed by atoms with Crippen molar-refractivity contribution in [2.45, 2.75) is 39.5 Å². The van der Waals surface area contributed by atoms with Gasteiger partial charge in [-0.1, -0.05) is 11.6 Å². The number of hydrogen-bond donors (Lipinski definition) is 1. The van der Waals surface area contributed by atoms with Crippen LogP contribution in [0.1, 0.15) is 32.2 Å². The Labute approximate surface area is 164 Å². The third-order valence-corrected chi connectivity index (χ3v) is 5.30. The van der Waals surface area contributed by atoms with E-state index in [1.807, 2.05) is 19.1 Å². The minimum absolute atomic E-state index is 0.138. The second kappa shape index (κ2) is 8.91. The molecule has 1 aromatic heterocycles. The summed E-state index contributed by atoms with van der Waals surface area (Å²) in [6.45, 7) is 9.52. The second-order valence-corrected chi connectivity index (χ2v) is 7.38. The van der Waals surface area contributed by atoms with Crippen molar-refractivity contribution in [2.24, 2.45) is 0 Å². The summed E-state index contributed by atoms with van der Waals surface area (Å²) in [7, 11) is 0. The van der Waals surface area contributed by atoms with Crippen molar-refractivity contribution in [3.8, 4) is 0 Å². The third kappa shape index (κ3) is 4.72. The molecule has 0 saturated carbocycles. The Morgan fingerprint density at radius 2 is 1.81 bits per heavy atom. The number of nitrogens with zero attached hydrogens (tertiary/aromatic N) is 5. The minimum atomic E-state index is -0.736. The highest BCUT2D eigenvalue weighted by Crippen LogP contribution is 2.19. The average Bonchev–Trinajstić information content (AvgIpc) is 2.99. The van der Waals surface area contributed by atoms with E-state index in [2.05, 4.69) is 27.0 Å². The van der Waals surface area contributed by atoms with Crippen molar-refractivity contribution in [1.29, 1.82) is 0 Å². The Bertz CT molecular complexity index is 791. The average molecular weight is 394 g/mol.